The van der Waals surface area contributed by atoms with Crippen molar-refractivity contribution < 1.29 is 9.59 Å². The Bertz CT molecular complexity index is 821. The number of fused-ring (bicyclic) bond motifs is 1. The molecule has 1 heterocycles. The minimum atomic E-state index is -0.450. The zero-order chi connectivity index (χ0) is 18.8. The van der Waals surface area contributed by atoms with Crippen molar-refractivity contribution in [2.24, 2.45) is 11.7 Å². The van der Waals surface area contributed by atoms with E-state index in [0.29, 0.717) is 22.4 Å². The number of nitrogens with two attached hydrogens (primary N) is 1. The van der Waals surface area contributed by atoms with Gasteiger partial charge in [-0.25, -0.2) is 0 Å². The Morgan fingerprint density at radius 3 is 2.58 bits per heavy atom. The topological polar surface area (TPSA) is 72.2 Å². The Balaban J connectivity index is 1.76. The second kappa shape index (κ2) is 7.62. The first kappa shape index (κ1) is 18.6. The van der Waals surface area contributed by atoms with Crippen molar-refractivity contribution in [2.45, 2.75) is 52.4 Å². The van der Waals surface area contributed by atoms with Crippen LogP contribution in [-0.4, -0.2) is 11.8 Å². The van der Waals surface area contributed by atoms with Crippen LogP contribution in [0.3, 0.4) is 0 Å². The third-order valence-electron chi connectivity index (χ3n) is 5.02. The quantitative estimate of drug-likeness (QED) is 0.825. The van der Waals surface area contributed by atoms with Gasteiger partial charge in [0.05, 0.1) is 12.0 Å². The average Bonchev–Trinajstić information content (AvgIpc) is 2.91. The highest BCUT2D eigenvalue weighted by atomic mass is 32.1. The summed E-state index contributed by atoms with van der Waals surface area (Å²) in [6.45, 7) is 6.50. The molecule has 1 unspecified atom stereocenters. The van der Waals surface area contributed by atoms with Gasteiger partial charge in [0.15, 0.2) is 0 Å². The number of carbonyl (C=O) groups excluding carboxylic acids is 2. The van der Waals surface area contributed by atoms with E-state index in [2.05, 4.69) is 38.2 Å². The third-order valence-corrected chi connectivity index (χ3v) is 6.19. The number of anilines is 1. The van der Waals surface area contributed by atoms with E-state index in [1.54, 1.807) is 0 Å². The molecule has 0 radical (unpaired) electrons. The minimum absolute atomic E-state index is 0.114. The number of hydrogen-bond donors (Lipinski definition) is 2. The van der Waals surface area contributed by atoms with E-state index in [-0.39, 0.29) is 12.3 Å². The molecule has 0 aliphatic heterocycles. The number of hydrogen-bond acceptors (Lipinski definition) is 3. The maximum Gasteiger partial charge on any atom is 0.251 e. The molecule has 0 spiro atoms. The monoisotopic (exact) mass is 370 g/mol. The van der Waals surface area contributed by atoms with E-state index >= 15 is 0 Å². The predicted molar refractivity (Wildman–Crippen MR) is 107 cm³/mol. The fourth-order valence-electron chi connectivity index (χ4n) is 3.48. The SMILES string of the molecule is CC1CCc2c(sc(NC(=O)Cc3ccc(C(C)C)cc3)c2C(N)=O)C1. The van der Waals surface area contributed by atoms with Gasteiger partial charge in [-0.2, -0.15) is 0 Å². The smallest absolute Gasteiger partial charge is 0.251 e. The van der Waals surface area contributed by atoms with E-state index in [0.717, 1.165) is 30.4 Å². The zero-order valence-electron chi connectivity index (χ0n) is 15.6. The van der Waals surface area contributed by atoms with E-state index in [1.165, 1.54) is 21.8 Å². The fourth-order valence-corrected chi connectivity index (χ4v) is 4.91. The molecule has 26 heavy (non-hydrogen) atoms. The van der Waals surface area contributed by atoms with Gasteiger partial charge < -0.3 is 11.1 Å². The molecule has 138 valence electrons. The largest absolute Gasteiger partial charge is 0.365 e. The Morgan fingerprint density at radius 2 is 1.96 bits per heavy atom. The van der Waals surface area contributed by atoms with Gasteiger partial charge in [0.1, 0.15) is 5.00 Å². The molecular weight excluding hydrogens is 344 g/mol. The Morgan fingerprint density at radius 1 is 1.27 bits per heavy atom. The van der Waals surface area contributed by atoms with Gasteiger partial charge in [-0.3, -0.25) is 9.59 Å². The molecule has 1 atom stereocenters. The van der Waals surface area contributed by atoms with Gasteiger partial charge in [0, 0.05) is 4.88 Å². The molecule has 0 fully saturated rings. The highest BCUT2D eigenvalue weighted by molar-refractivity contribution is 7.17. The molecule has 0 bridgehead atoms. The van der Waals surface area contributed by atoms with Gasteiger partial charge in [0.2, 0.25) is 5.91 Å². The lowest BCUT2D eigenvalue weighted by Gasteiger charge is -2.18. The van der Waals surface area contributed by atoms with Crippen LogP contribution in [0.2, 0.25) is 0 Å². The summed E-state index contributed by atoms with van der Waals surface area (Å²) < 4.78 is 0. The summed E-state index contributed by atoms with van der Waals surface area (Å²) in [5.41, 5.74) is 9.38. The first-order valence-corrected chi connectivity index (χ1v) is 9.99. The van der Waals surface area contributed by atoms with Gasteiger partial charge >= 0.3 is 0 Å². The molecule has 1 aliphatic carbocycles. The van der Waals surface area contributed by atoms with Crippen LogP contribution in [0.5, 0.6) is 0 Å². The van der Waals surface area contributed by atoms with E-state index in [1.807, 2.05) is 12.1 Å². The lowest BCUT2D eigenvalue weighted by Crippen LogP contribution is -2.20. The van der Waals surface area contributed by atoms with Crippen molar-refractivity contribution >= 4 is 28.2 Å². The number of amides is 2. The first-order valence-electron chi connectivity index (χ1n) is 9.18. The summed E-state index contributed by atoms with van der Waals surface area (Å²) in [4.78, 5) is 25.6. The standard InChI is InChI=1S/C21H26N2O2S/c1-12(2)15-7-5-14(6-8-15)11-18(24)23-21-19(20(22)25)16-9-4-13(3)10-17(16)26-21/h5-8,12-13H,4,9-11H2,1-3H3,(H2,22,25)(H,23,24). The summed E-state index contributed by atoms with van der Waals surface area (Å²) in [6, 6.07) is 8.11. The Kier molecular flexibility index (Phi) is 5.47. The third kappa shape index (κ3) is 3.98. The number of carbonyl (C=O) groups is 2. The van der Waals surface area contributed by atoms with E-state index < -0.39 is 5.91 Å². The molecule has 1 aromatic heterocycles. The maximum atomic E-state index is 12.5. The van der Waals surface area contributed by atoms with Crippen LogP contribution in [0, 0.1) is 5.92 Å². The van der Waals surface area contributed by atoms with Crippen LogP contribution in [0.1, 0.15) is 65.0 Å². The van der Waals surface area contributed by atoms with Gasteiger partial charge in [-0.1, -0.05) is 45.0 Å². The molecule has 2 aromatic rings. The number of benzene rings is 1. The molecule has 3 rings (SSSR count). The van der Waals surface area contributed by atoms with Crippen molar-refractivity contribution in [1.82, 2.24) is 0 Å². The van der Waals surface area contributed by atoms with Crippen molar-refractivity contribution in [1.29, 1.82) is 0 Å². The van der Waals surface area contributed by atoms with Crippen LogP contribution < -0.4 is 11.1 Å². The predicted octanol–water partition coefficient (Wildman–Crippen LogP) is 4.28. The molecular formula is C21H26N2O2S. The molecule has 1 aromatic carbocycles. The average molecular weight is 371 g/mol. The number of nitrogens with one attached hydrogen (secondary N) is 1. The fraction of sp³-hybridized carbons (Fsp3) is 0.429. The summed E-state index contributed by atoms with van der Waals surface area (Å²) in [5, 5.41) is 3.54. The lowest BCUT2D eigenvalue weighted by molar-refractivity contribution is -0.115. The van der Waals surface area contributed by atoms with Gasteiger partial charge in [-0.15, -0.1) is 11.3 Å². The summed E-state index contributed by atoms with van der Waals surface area (Å²) in [6.07, 6.45) is 3.15. The minimum Gasteiger partial charge on any atom is -0.365 e. The van der Waals surface area contributed by atoms with Crippen LogP contribution in [0.4, 0.5) is 5.00 Å². The van der Waals surface area contributed by atoms with E-state index in [4.69, 9.17) is 5.73 Å². The second-order valence-electron chi connectivity index (χ2n) is 7.54. The van der Waals surface area contributed by atoms with Crippen molar-refractivity contribution in [3.05, 3.63) is 51.4 Å². The maximum absolute atomic E-state index is 12.5. The summed E-state index contributed by atoms with van der Waals surface area (Å²) >= 11 is 1.51. The number of rotatable bonds is 5. The van der Waals surface area contributed by atoms with Gasteiger partial charge in [-0.05, 0) is 47.8 Å². The van der Waals surface area contributed by atoms with E-state index in [9.17, 15) is 9.59 Å². The van der Waals surface area contributed by atoms with Crippen LogP contribution in [0.15, 0.2) is 24.3 Å². The molecule has 2 amide bonds. The molecule has 4 nitrogen and oxygen atoms in total. The lowest BCUT2D eigenvalue weighted by atomic mass is 9.88. The first-order chi connectivity index (χ1) is 12.3. The van der Waals surface area contributed by atoms with Crippen LogP contribution >= 0.6 is 11.3 Å². The molecule has 0 saturated carbocycles. The summed E-state index contributed by atoms with van der Waals surface area (Å²) in [7, 11) is 0. The number of primary amides is 1. The molecule has 5 heteroatoms. The molecule has 1 aliphatic rings. The molecule has 0 saturated heterocycles. The van der Waals surface area contributed by atoms with Crippen molar-refractivity contribution in [3.63, 3.8) is 0 Å². The number of thiophene rings is 1. The van der Waals surface area contributed by atoms with Gasteiger partial charge in [0.25, 0.3) is 5.91 Å². The normalized spacial score (nSPS) is 16.4. The highest BCUT2D eigenvalue weighted by Crippen LogP contribution is 2.39. The Hall–Kier alpha value is -2.14. The summed E-state index contributed by atoms with van der Waals surface area (Å²) in [5.74, 6) is 0.505. The molecule has 3 N–H and O–H groups in total. The highest BCUT2D eigenvalue weighted by Gasteiger charge is 2.27. The van der Waals surface area contributed by atoms with Crippen molar-refractivity contribution in [2.75, 3.05) is 5.32 Å². The zero-order valence-corrected chi connectivity index (χ0v) is 16.4. The second-order valence-corrected chi connectivity index (χ2v) is 8.65. The van der Waals surface area contributed by atoms with Crippen LogP contribution in [-0.2, 0) is 24.1 Å². The van der Waals surface area contributed by atoms with Crippen molar-refractivity contribution in [3.8, 4) is 0 Å². The Labute approximate surface area is 158 Å². The van der Waals surface area contributed by atoms with Crippen LogP contribution in [0.25, 0.3) is 0 Å².